The average Bonchev–Trinajstić information content (AvgIpc) is 1.47. The second kappa shape index (κ2) is 25.3. The van der Waals surface area contributed by atoms with Crippen LogP contribution in [0.15, 0.2) is 121 Å². The molecule has 31 rings (SSSR count). The van der Waals surface area contributed by atoms with E-state index in [1.165, 1.54) is 297 Å². The molecule has 0 bridgehead atoms. The summed E-state index contributed by atoms with van der Waals surface area (Å²) in [5.41, 5.74) is 2.54. The van der Waals surface area contributed by atoms with Crippen molar-refractivity contribution in [3.05, 3.63) is 149 Å². The molecule has 10 nitrogen and oxygen atoms in total. The summed E-state index contributed by atoms with van der Waals surface area (Å²) >= 11 is 0. The van der Waals surface area contributed by atoms with E-state index < -0.39 is 91.6 Å². The summed E-state index contributed by atoms with van der Waals surface area (Å²) in [5, 5.41) is 62.4. The van der Waals surface area contributed by atoms with Crippen LogP contribution in [0, 0.1) is 0 Å². The van der Waals surface area contributed by atoms with Gasteiger partial charge in [0.1, 0.15) is 0 Å². The molecule has 26 aromatic rings. The highest BCUT2D eigenvalue weighted by molar-refractivity contribution is 6.75. The molecule has 0 amide bonds. The van der Waals surface area contributed by atoms with Gasteiger partial charge in [0, 0.05) is 0 Å². The maximum absolute atomic E-state index is 7.62. The van der Waals surface area contributed by atoms with E-state index in [9.17, 15) is 0 Å². The second-order valence-electron chi connectivity index (χ2n) is 56.4. The maximum atomic E-state index is 7.62. The summed E-state index contributed by atoms with van der Waals surface area (Å²) < 4.78 is 76.2. The highest BCUT2D eigenvalue weighted by atomic mass is 16.7. The first-order valence-electron chi connectivity index (χ1n) is 53.6. The molecule has 5 heterocycles. The molecule has 0 unspecified atom stereocenters. The summed E-state index contributed by atoms with van der Waals surface area (Å²) in [5.74, 6) is 0. The zero-order chi connectivity index (χ0) is 101. The Balaban J connectivity index is 0.992. The molecular formula is C130H125B5O10. The SMILES string of the molecule is CC(C)(C)c1cc2c3cc(B4OC(C)(C)C(C)(C)O4)cc4c5cc(C(C)(C)C)cc6c7cc(B8OC(C)(C)C(C)(C)O8)cc8c9cc(C(C)(C)C)cc%10c%11cc(B%12OC(C)(C)C(C)(C)O%12)cc%12c%13cc(C(C)(C)C)cc%14c%15cc(B%16OC(C)(C)C(C)(C)O%16)cc%16c%17cc(C(C)(C)C)cc%18c%19cc(B%20OC(C)(C)C(C)(C)O%20)cc%20c(c1)c2c1c(c34)c2c(c65)c(c78)c3c(c%109)c(c%11%12)c4c(c%14%13)c(c%15%16)c5c(c%18%17)c(c%19%20)c1c1c5c4c3c21. The van der Waals surface area contributed by atoms with E-state index in [1.54, 1.807) is 0 Å². The summed E-state index contributed by atoms with van der Waals surface area (Å²) in [6, 6.07) is 52.2. The first kappa shape index (κ1) is 88.6. The molecule has 0 atom stereocenters. The quantitative estimate of drug-likeness (QED) is 0.123. The third-order valence-corrected chi connectivity index (χ3v) is 40.1. The van der Waals surface area contributed by atoms with Gasteiger partial charge in [-0.1, -0.05) is 165 Å². The van der Waals surface area contributed by atoms with Crippen molar-refractivity contribution in [1.29, 1.82) is 0 Å². The number of hydrogen-bond donors (Lipinski definition) is 0. The summed E-state index contributed by atoms with van der Waals surface area (Å²) in [6.45, 7) is 80.8. The summed E-state index contributed by atoms with van der Waals surface area (Å²) in [6.07, 6.45) is 0. The zero-order valence-corrected chi connectivity index (χ0v) is 91.0. The van der Waals surface area contributed by atoms with Gasteiger partial charge < -0.3 is 46.5 Å². The van der Waals surface area contributed by atoms with Gasteiger partial charge in [-0.15, -0.1) is 0 Å². The molecule has 5 saturated heterocycles. The lowest BCUT2D eigenvalue weighted by Crippen LogP contribution is -2.41. The highest BCUT2D eigenvalue weighted by Crippen LogP contribution is 2.71. The van der Waals surface area contributed by atoms with Crippen molar-refractivity contribution in [2.45, 2.75) is 325 Å². The summed E-state index contributed by atoms with van der Waals surface area (Å²) in [4.78, 5) is 0. The Bertz CT molecular complexity index is 8940. The van der Waals surface area contributed by atoms with Crippen LogP contribution in [-0.4, -0.2) is 91.6 Å². The normalized spacial score (nSPS) is 20.4. The molecule has 15 heteroatoms. The van der Waals surface area contributed by atoms with Crippen LogP contribution < -0.4 is 27.3 Å². The van der Waals surface area contributed by atoms with E-state index in [0.717, 1.165) is 27.3 Å². The molecular weight excluding hydrogens is 1780 g/mol. The Morgan fingerprint density at radius 3 is 0.283 bits per heavy atom. The van der Waals surface area contributed by atoms with Crippen molar-refractivity contribution in [2.24, 2.45) is 0 Å². The number of hydrogen-bond acceptors (Lipinski definition) is 10. The van der Waals surface area contributed by atoms with Crippen molar-refractivity contribution in [2.75, 3.05) is 0 Å². The lowest BCUT2D eigenvalue weighted by molar-refractivity contribution is 0.00578. The van der Waals surface area contributed by atoms with Gasteiger partial charge in [-0.2, -0.15) is 0 Å². The van der Waals surface area contributed by atoms with Crippen LogP contribution in [0.1, 0.15) is 270 Å². The predicted molar refractivity (Wildman–Crippen MR) is 622 cm³/mol. The largest absolute Gasteiger partial charge is 0.494 e. The Morgan fingerprint density at radius 2 is 0.200 bits per heavy atom. The van der Waals surface area contributed by atoms with Gasteiger partial charge in [0.2, 0.25) is 0 Å². The minimum atomic E-state index is -0.738. The Kier molecular flexibility index (Phi) is 15.5. The van der Waals surface area contributed by atoms with Gasteiger partial charge in [-0.3, -0.25) is 0 Å². The first-order chi connectivity index (χ1) is 67.5. The van der Waals surface area contributed by atoms with E-state index in [-0.39, 0.29) is 27.1 Å². The van der Waals surface area contributed by atoms with Crippen LogP contribution in [-0.2, 0) is 73.6 Å². The van der Waals surface area contributed by atoms with E-state index in [1.807, 2.05) is 0 Å². The molecule has 5 aliphatic heterocycles. The second-order valence-corrected chi connectivity index (χ2v) is 56.4. The lowest BCUT2D eigenvalue weighted by atomic mass is 9.74. The van der Waals surface area contributed by atoms with Gasteiger partial charge in [-0.25, -0.2) is 0 Å². The Labute approximate surface area is 847 Å². The minimum Gasteiger partial charge on any atom is -0.399 e. The molecule has 145 heavy (non-hydrogen) atoms. The molecule has 26 aromatic carbocycles. The zero-order valence-electron chi connectivity index (χ0n) is 91.0. The van der Waals surface area contributed by atoms with Gasteiger partial charge in [0.15, 0.2) is 0 Å². The third-order valence-electron chi connectivity index (χ3n) is 40.1. The van der Waals surface area contributed by atoms with Crippen molar-refractivity contribution in [1.82, 2.24) is 0 Å². The molecule has 0 spiro atoms. The first-order valence-corrected chi connectivity index (χ1v) is 53.6. The van der Waals surface area contributed by atoms with Gasteiger partial charge in [0.25, 0.3) is 0 Å². The third kappa shape index (κ3) is 10.3. The predicted octanol–water partition coefficient (Wildman–Crippen LogP) is 31.2. The van der Waals surface area contributed by atoms with Crippen molar-refractivity contribution in [3.63, 3.8) is 0 Å². The monoisotopic (exact) mass is 1900 g/mol. The van der Waals surface area contributed by atoms with Gasteiger partial charge >= 0.3 is 35.6 Å². The number of benzene rings is 20. The molecule has 0 aromatic heterocycles. The highest BCUT2D eigenvalue weighted by Gasteiger charge is 2.59. The molecule has 0 N–H and O–H groups in total. The van der Waals surface area contributed by atoms with E-state index >= 15 is 0 Å². The van der Waals surface area contributed by atoms with E-state index in [2.05, 4.69) is 364 Å². The van der Waals surface area contributed by atoms with Crippen LogP contribution in [0.2, 0.25) is 0 Å². The molecule has 5 fully saturated rings. The van der Waals surface area contributed by atoms with Crippen LogP contribution in [0.25, 0.3) is 269 Å². The van der Waals surface area contributed by atoms with Gasteiger partial charge in [0.05, 0.1) is 56.0 Å². The fraction of sp³-hybridized carbons (Fsp3) is 0.385. The van der Waals surface area contributed by atoms with Crippen molar-refractivity contribution >= 4 is 332 Å². The Hall–Kier alpha value is -10.5. The number of fused-ring (bicyclic) bond motifs is 10. The smallest absolute Gasteiger partial charge is 0.399 e. The van der Waals surface area contributed by atoms with Crippen LogP contribution >= 0.6 is 0 Å². The Morgan fingerprint density at radius 1 is 0.124 bits per heavy atom. The standard InChI is InChI=1S/C130H125B5O10/c1-116(2,3)56-36-66-76-46-61(131-136-121(16,17)122(18,19)137-131)52-82-72-42-58(118(7,8)9)38-68-78-48-63(133-140-125(24,25)126(26,27)141-133)54-84-74-44-60(120(13,14)15)40-70-80-50-65(135-144-129(32,33)130(34,35)145-135)55-85-75-45-59(119(10,11)12)39-69-79-49-64(134-142-127(28,29)128(30,31)143-134)53-83-73-43-57(117(4,5)6)37-67-77-47-62(132-138-123(20,21)124(22,23)139-132)51-81-71(41-56)86(66)96-101(91(76)82)107-98(88(68)72)103(93(78)84)109-100(90(70)74)105(95(80)85)110-99(89(69)75)104(94(79)83)108-97(87(67)73)102(92(77)81)106(96)111-112(107)114(109)115(110)113(108)111/h36-55H,1-35H3. The fourth-order valence-electron chi connectivity index (χ4n) is 28.7. The topological polar surface area (TPSA) is 92.3 Å². The molecule has 5 aliphatic rings. The minimum absolute atomic E-state index is 0.374. The van der Waals surface area contributed by atoms with Crippen LogP contribution in [0.4, 0.5) is 0 Å². The van der Waals surface area contributed by atoms with E-state index in [4.69, 9.17) is 46.5 Å². The van der Waals surface area contributed by atoms with E-state index in [0.29, 0.717) is 0 Å². The van der Waals surface area contributed by atoms with Crippen molar-refractivity contribution in [3.8, 4) is 0 Å². The molecule has 720 valence electrons. The van der Waals surface area contributed by atoms with Crippen molar-refractivity contribution < 1.29 is 46.5 Å². The average molecular weight is 1900 g/mol. The number of rotatable bonds is 5. The molecule has 0 radical (unpaired) electrons. The molecule has 0 saturated carbocycles. The maximum Gasteiger partial charge on any atom is 0.494 e. The van der Waals surface area contributed by atoms with Crippen LogP contribution in [0.3, 0.4) is 0 Å². The van der Waals surface area contributed by atoms with Gasteiger partial charge in [-0.05, 0) is 551 Å². The van der Waals surface area contributed by atoms with Crippen LogP contribution in [0.5, 0.6) is 0 Å². The summed E-state index contributed by atoms with van der Waals surface area (Å²) in [7, 11) is -3.69. The molecule has 0 aliphatic carbocycles. The fourth-order valence-corrected chi connectivity index (χ4v) is 28.7. The lowest BCUT2D eigenvalue weighted by Gasteiger charge is -2.32.